The molecule has 0 aliphatic rings. The minimum absolute atomic E-state index is 0.117. The van der Waals surface area contributed by atoms with E-state index in [9.17, 15) is 14.4 Å². The SMILES string of the molecule is CC(=O)c1cc(=O)[nH][nH]c1=O. The Morgan fingerprint density at radius 1 is 1.36 bits per heavy atom. The van der Waals surface area contributed by atoms with Crippen LogP contribution in [-0.2, 0) is 0 Å². The molecule has 58 valence electrons. The first-order valence-corrected chi connectivity index (χ1v) is 2.94. The molecule has 2 N–H and O–H groups in total. The number of hydrogen-bond acceptors (Lipinski definition) is 3. The number of carbonyl (C=O) groups is 1. The molecule has 11 heavy (non-hydrogen) atoms. The predicted octanol–water partition coefficient (Wildman–Crippen LogP) is -0.734. The van der Waals surface area contributed by atoms with E-state index < -0.39 is 16.9 Å². The lowest BCUT2D eigenvalue weighted by Crippen LogP contribution is -2.23. The van der Waals surface area contributed by atoms with Gasteiger partial charge in [-0.2, -0.15) is 0 Å². The second kappa shape index (κ2) is 2.53. The summed E-state index contributed by atoms with van der Waals surface area (Å²) in [6, 6.07) is 0.973. The van der Waals surface area contributed by atoms with Gasteiger partial charge in [-0.15, -0.1) is 0 Å². The molecule has 0 bridgehead atoms. The summed E-state index contributed by atoms with van der Waals surface area (Å²) in [5, 5.41) is 4.09. The number of carbonyl (C=O) groups excluding carboxylic acids is 1. The summed E-state index contributed by atoms with van der Waals surface area (Å²) >= 11 is 0. The second-order valence-electron chi connectivity index (χ2n) is 2.06. The van der Waals surface area contributed by atoms with Gasteiger partial charge in [-0.1, -0.05) is 0 Å². The van der Waals surface area contributed by atoms with E-state index >= 15 is 0 Å². The maximum Gasteiger partial charge on any atom is 0.273 e. The highest BCUT2D eigenvalue weighted by molar-refractivity contribution is 5.93. The summed E-state index contributed by atoms with van der Waals surface area (Å²) in [7, 11) is 0. The van der Waals surface area contributed by atoms with Gasteiger partial charge in [-0.3, -0.25) is 24.6 Å². The van der Waals surface area contributed by atoms with Crippen LogP contribution < -0.4 is 11.1 Å². The fourth-order valence-electron chi connectivity index (χ4n) is 0.680. The molecule has 0 fully saturated rings. The zero-order chi connectivity index (χ0) is 8.43. The van der Waals surface area contributed by atoms with Crippen LogP contribution in [0.3, 0.4) is 0 Å². The number of rotatable bonds is 1. The normalized spacial score (nSPS) is 9.55. The smallest absolute Gasteiger partial charge is 0.273 e. The van der Waals surface area contributed by atoms with Crippen molar-refractivity contribution in [2.24, 2.45) is 0 Å². The first kappa shape index (κ1) is 7.46. The number of aromatic amines is 2. The Morgan fingerprint density at radius 3 is 2.45 bits per heavy atom. The fraction of sp³-hybridized carbons (Fsp3) is 0.167. The van der Waals surface area contributed by atoms with E-state index in [-0.39, 0.29) is 5.56 Å². The average molecular weight is 154 g/mol. The van der Waals surface area contributed by atoms with Crippen LogP contribution in [0.2, 0.25) is 0 Å². The molecule has 0 radical (unpaired) electrons. The zero-order valence-electron chi connectivity index (χ0n) is 5.80. The quantitative estimate of drug-likeness (QED) is 0.523. The van der Waals surface area contributed by atoms with Crippen molar-refractivity contribution in [3.63, 3.8) is 0 Å². The van der Waals surface area contributed by atoms with Gasteiger partial charge in [0.2, 0.25) is 0 Å². The van der Waals surface area contributed by atoms with Crippen molar-refractivity contribution in [1.29, 1.82) is 0 Å². The first-order chi connectivity index (χ1) is 5.11. The molecule has 0 saturated carbocycles. The van der Waals surface area contributed by atoms with E-state index in [0.717, 1.165) is 6.07 Å². The lowest BCUT2D eigenvalue weighted by atomic mass is 10.2. The molecule has 1 aromatic rings. The molecule has 0 aliphatic heterocycles. The molecular formula is C6H6N2O3. The molecule has 0 atom stereocenters. The molecule has 1 aromatic heterocycles. The van der Waals surface area contributed by atoms with Crippen LogP contribution in [0.25, 0.3) is 0 Å². The van der Waals surface area contributed by atoms with Gasteiger partial charge in [0.05, 0.1) is 5.56 Å². The van der Waals surface area contributed by atoms with E-state index in [2.05, 4.69) is 0 Å². The van der Waals surface area contributed by atoms with Gasteiger partial charge in [0.25, 0.3) is 11.1 Å². The van der Waals surface area contributed by atoms with Crippen molar-refractivity contribution < 1.29 is 4.79 Å². The minimum atomic E-state index is -0.572. The maximum absolute atomic E-state index is 10.8. The lowest BCUT2D eigenvalue weighted by Gasteiger charge is -1.89. The molecule has 0 unspecified atom stereocenters. The Morgan fingerprint density at radius 2 is 2.00 bits per heavy atom. The molecule has 0 saturated heterocycles. The van der Waals surface area contributed by atoms with Gasteiger partial charge in [-0.05, 0) is 6.92 Å². The number of nitrogens with one attached hydrogen (secondary N) is 2. The third-order valence-electron chi connectivity index (χ3n) is 1.20. The van der Waals surface area contributed by atoms with Crippen LogP contribution in [0.4, 0.5) is 0 Å². The van der Waals surface area contributed by atoms with Gasteiger partial charge < -0.3 is 0 Å². The molecule has 1 heterocycles. The van der Waals surface area contributed by atoms with Crippen molar-refractivity contribution in [2.45, 2.75) is 6.92 Å². The number of aromatic nitrogens is 2. The predicted molar refractivity (Wildman–Crippen MR) is 37.7 cm³/mol. The molecule has 0 amide bonds. The molecular weight excluding hydrogens is 148 g/mol. The minimum Gasteiger partial charge on any atom is -0.294 e. The van der Waals surface area contributed by atoms with Crippen LogP contribution >= 0.6 is 0 Å². The topological polar surface area (TPSA) is 82.8 Å². The highest BCUT2D eigenvalue weighted by Gasteiger charge is 2.04. The fourth-order valence-corrected chi connectivity index (χ4v) is 0.680. The monoisotopic (exact) mass is 154 g/mol. The maximum atomic E-state index is 10.8. The highest BCUT2D eigenvalue weighted by Crippen LogP contribution is 1.83. The van der Waals surface area contributed by atoms with Crippen LogP contribution in [0.15, 0.2) is 15.7 Å². The van der Waals surface area contributed by atoms with Crippen LogP contribution in [-0.4, -0.2) is 16.0 Å². The van der Waals surface area contributed by atoms with E-state index in [0.29, 0.717) is 0 Å². The number of ketones is 1. The summed E-state index contributed by atoms with van der Waals surface area (Å²) < 4.78 is 0. The van der Waals surface area contributed by atoms with Crippen molar-refractivity contribution >= 4 is 5.78 Å². The summed E-state index contributed by atoms with van der Waals surface area (Å²) in [6.45, 7) is 1.23. The largest absolute Gasteiger partial charge is 0.294 e. The van der Waals surface area contributed by atoms with Gasteiger partial charge in [0.1, 0.15) is 0 Å². The standard InChI is InChI=1S/C6H6N2O3/c1-3(9)4-2-5(10)7-8-6(4)11/h2H,1H3,(H,7,10)(H,8,11). The molecule has 5 heteroatoms. The van der Waals surface area contributed by atoms with Gasteiger partial charge in [0, 0.05) is 6.07 Å². The summed E-state index contributed by atoms with van der Waals surface area (Å²) in [4.78, 5) is 32.0. The molecule has 0 aliphatic carbocycles. The van der Waals surface area contributed by atoms with E-state index in [1.54, 1.807) is 0 Å². The van der Waals surface area contributed by atoms with Crippen molar-refractivity contribution in [3.8, 4) is 0 Å². The van der Waals surface area contributed by atoms with E-state index in [1.807, 2.05) is 10.2 Å². The Balaban J connectivity index is 3.47. The van der Waals surface area contributed by atoms with E-state index in [4.69, 9.17) is 0 Å². The summed E-state index contributed by atoms with van der Waals surface area (Å²) in [5.41, 5.74) is -1.18. The van der Waals surface area contributed by atoms with Crippen LogP contribution in [0.1, 0.15) is 17.3 Å². The Bertz CT molecular complexity index is 387. The Labute approximate surface area is 61.1 Å². The number of Topliss-reactive ketones (excluding diaryl/α,β-unsaturated/α-hetero) is 1. The zero-order valence-corrected chi connectivity index (χ0v) is 5.80. The van der Waals surface area contributed by atoms with Crippen LogP contribution in [0.5, 0.6) is 0 Å². The van der Waals surface area contributed by atoms with Crippen LogP contribution in [0, 0.1) is 0 Å². The molecule has 5 nitrogen and oxygen atoms in total. The molecule has 0 spiro atoms. The third kappa shape index (κ3) is 1.43. The first-order valence-electron chi connectivity index (χ1n) is 2.94. The number of hydrogen-bond donors (Lipinski definition) is 2. The van der Waals surface area contributed by atoms with Gasteiger partial charge in [-0.25, -0.2) is 0 Å². The Kier molecular flexibility index (Phi) is 1.72. The van der Waals surface area contributed by atoms with E-state index in [1.165, 1.54) is 6.92 Å². The Hall–Kier alpha value is -1.65. The second-order valence-corrected chi connectivity index (χ2v) is 2.06. The molecule has 1 rings (SSSR count). The van der Waals surface area contributed by atoms with Gasteiger partial charge >= 0.3 is 0 Å². The molecule has 0 aromatic carbocycles. The average Bonchev–Trinajstić information content (AvgIpc) is 1.94. The summed E-state index contributed by atoms with van der Waals surface area (Å²) in [5.74, 6) is -0.419. The van der Waals surface area contributed by atoms with Crippen molar-refractivity contribution in [3.05, 3.63) is 32.3 Å². The van der Waals surface area contributed by atoms with Crippen molar-refractivity contribution in [1.82, 2.24) is 10.2 Å². The third-order valence-corrected chi connectivity index (χ3v) is 1.20. The summed E-state index contributed by atoms with van der Waals surface area (Å²) in [6.07, 6.45) is 0. The van der Waals surface area contributed by atoms with Crippen molar-refractivity contribution in [2.75, 3.05) is 0 Å². The lowest BCUT2D eigenvalue weighted by molar-refractivity contribution is 0.101. The highest BCUT2D eigenvalue weighted by atomic mass is 16.2. The van der Waals surface area contributed by atoms with Gasteiger partial charge in [0.15, 0.2) is 5.78 Å². The number of H-pyrrole nitrogens is 2.